The maximum absolute atomic E-state index is 12.2. The molecule has 1 amide bonds. The third-order valence-corrected chi connectivity index (χ3v) is 4.00. The number of H-pyrrole nitrogens is 1. The second-order valence-corrected chi connectivity index (χ2v) is 5.94. The Labute approximate surface area is 147 Å². The molecule has 0 saturated carbocycles. The minimum absolute atomic E-state index is 0.0643. The average molecular weight is 335 g/mol. The number of amides is 1. The van der Waals surface area contributed by atoms with Gasteiger partial charge in [-0.15, -0.1) is 0 Å². The smallest absolute Gasteiger partial charge is 0.228 e. The van der Waals surface area contributed by atoms with Crippen LogP contribution in [0.15, 0.2) is 54.6 Å². The maximum atomic E-state index is 12.2. The number of carbonyl (C=O) groups is 1. The van der Waals surface area contributed by atoms with Gasteiger partial charge in [-0.3, -0.25) is 9.89 Å². The van der Waals surface area contributed by atoms with Gasteiger partial charge in [-0.05, 0) is 43.7 Å². The Morgan fingerprint density at radius 1 is 1.08 bits per heavy atom. The van der Waals surface area contributed by atoms with Crippen molar-refractivity contribution in [1.29, 1.82) is 0 Å². The Morgan fingerprint density at radius 2 is 1.80 bits per heavy atom. The van der Waals surface area contributed by atoms with Gasteiger partial charge in [0.25, 0.3) is 0 Å². The molecule has 2 N–H and O–H groups in total. The van der Waals surface area contributed by atoms with E-state index in [1.54, 1.807) is 0 Å². The molecule has 1 heterocycles. The topological polar surface area (TPSA) is 67.0 Å². The van der Waals surface area contributed by atoms with Gasteiger partial charge in [0.15, 0.2) is 0 Å². The lowest BCUT2D eigenvalue weighted by molar-refractivity contribution is -0.115. The number of ether oxygens (including phenoxy) is 1. The minimum Gasteiger partial charge on any atom is -0.489 e. The van der Waals surface area contributed by atoms with E-state index in [2.05, 4.69) is 15.5 Å². The zero-order valence-corrected chi connectivity index (χ0v) is 14.4. The van der Waals surface area contributed by atoms with Crippen LogP contribution in [0.2, 0.25) is 0 Å². The summed E-state index contributed by atoms with van der Waals surface area (Å²) in [6.45, 7) is 4.33. The van der Waals surface area contributed by atoms with E-state index in [1.807, 2.05) is 68.4 Å². The number of benzene rings is 2. The van der Waals surface area contributed by atoms with Gasteiger partial charge in [-0.2, -0.15) is 5.10 Å². The zero-order valence-electron chi connectivity index (χ0n) is 14.4. The summed E-state index contributed by atoms with van der Waals surface area (Å²) >= 11 is 0. The van der Waals surface area contributed by atoms with Crippen molar-refractivity contribution in [3.63, 3.8) is 0 Å². The maximum Gasteiger partial charge on any atom is 0.228 e. The number of carbonyl (C=O) groups excluding carboxylic acids is 1. The number of anilines is 1. The van der Waals surface area contributed by atoms with E-state index >= 15 is 0 Å². The van der Waals surface area contributed by atoms with E-state index in [1.165, 1.54) is 0 Å². The standard InChI is InChI=1S/C20H21N3O2/c1-14-19(15(2)23-22-14)12-20(24)21-17-8-10-18(11-9-17)25-13-16-6-4-3-5-7-16/h3-11H,12-13H2,1-2H3,(H,21,24)(H,22,23). The molecule has 5 nitrogen and oxygen atoms in total. The van der Waals surface area contributed by atoms with Crippen LogP contribution in [0.4, 0.5) is 5.69 Å². The SMILES string of the molecule is Cc1n[nH]c(C)c1CC(=O)Nc1ccc(OCc2ccccc2)cc1. The fourth-order valence-electron chi connectivity index (χ4n) is 2.58. The largest absolute Gasteiger partial charge is 0.489 e. The number of aromatic amines is 1. The van der Waals surface area contributed by atoms with Gasteiger partial charge < -0.3 is 10.1 Å². The molecule has 0 aliphatic carbocycles. The van der Waals surface area contributed by atoms with E-state index in [-0.39, 0.29) is 5.91 Å². The molecule has 2 aromatic carbocycles. The second-order valence-electron chi connectivity index (χ2n) is 5.94. The van der Waals surface area contributed by atoms with Crippen molar-refractivity contribution in [2.45, 2.75) is 26.9 Å². The highest BCUT2D eigenvalue weighted by molar-refractivity contribution is 5.92. The first-order valence-electron chi connectivity index (χ1n) is 8.19. The van der Waals surface area contributed by atoms with Crippen LogP contribution >= 0.6 is 0 Å². The highest BCUT2D eigenvalue weighted by atomic mass is 16.5. The summed E-state index contributed by atoms with van der Waals surface area (Å²) in [6, 6.07) is 17.4. The minimum atomic E-state index is -0.0643. The number of rotatable bonds is 6. The molecular formula is C20H21N3O2. The molecule has 3 aromatic rings. The molecule has 0 aliphatic heterocycles. The normalized spacial score (nSPS) is 10.5. The van der Waals surface area contributed by atoms with Crippen LogP contribution in [0.1, 0.15) is 22.5 Å². The summed E-state index contributed by atoms with van der Waals surface area (Å²) < 4.78 is 5.74. The fourth-order valence-corrected chi connectivity index (χ4v) is 2.58. The third kappa shape index (κ3) is 4.47. The van der Waals surface area contributed by atoms with E-state index in [0.29, 0.717) is 13.0 Å². The Hall–Kier alpha value is -3.08. The molecule has 0 radical (unpaired) electrons. The molecule has 0 unspecified atom stereocenters. The molecule has 128 valence electrons. The van der Waals surface area contributed by atoms with Crippen molar-refractivity contribution in [2.24, 2.45) is 0 Å². The molecule has 0 bridgehead atoms. The zero-order chi connectivity index (χ0) is 17.6. The van der Waals surface area contributed by atoms with Gasteiger partial charge in [-0.25, -0.2) is 0 Å². The second kappa shape index (κ2) is 7.66. The molecule has 0 fully saturated rings. The summed E-state index contributed by atoms with van der Waals surface area (Å²) in [6.07, 6.45) is 0.306. The summed E-state index contributed by atoms with van der Waals surface area (Å²) in [4.78, 5) is 12.2. The van der Waals surface area contributed by atoms with Crippen molar-refractivity contribution in [3.05, 3.63) is 77.1 Å². The third-order valence-electron chi connectivity index (χ3n) is 4.00. The Bertz CT molecular complexity index is 820. The Kier molecular flexibility index (Phi) is 5.14. The van der Waals surface area contributed by atoms with Crippen molar-refractivity contribution in [3.8, 4) is 5.75 Å². The van der Waals surface area contributed by atoms with Gasteiger partial charge in [0, 0.05) is 16.9 Å². The summed E-state index contributed by atoms with van der Waals surface area (Å²) in [5, 5.41) is 9.91. The van der Waals surface area contributed by atoms with Gasteiger partial charge in [0.05, 0.1) is 12.1 Å². The van der Waals surface area contributed by atoms with Crippen LogP contribution in [-0.2, 0) is 17.8 Å². The molecule has 5 heteroatoms. The van der Waals surface area contributed by atoms with Crippen LogP contribution in [0.3, 0.4) is 0 Å². The van der Waals surface area contributed by atoms with Crippen LogP contribution in [-0.4, -0.2) is 16.1 Å². The molecule has 0 spiro atoms. The van der Waals surface area contributed by atoms with E-state index in [4.69, 9.17) is 4.74 Å². The highest BCUT2D eigenvalue weighted by Gasteiger charge is 2.11. The number of aryl methyl sites for hydroxylation is 2. The predicted molar refractivity (Wildman–Crippen MR) is 97.6 cm³/mol. The van der Waals surface area contributed by atoms with Crippen molar-refractivity contribution >= 4 is 11.6 Å². The van der Waals surface area contributed by atoms with Crippen LogP contribution in [0.5, 0.6) is 5.75 Å². The van der Waals surface area contributed by atoms with E-state index in [9.17, 15) is 4.79 Å². The van der Waals surface area contributed by atoms with Gasteiger partial charge in [-0.1, -0.05) is 30.3 Å². The van der Waals surface area contributed by atoms with Crippen LogP contribution in [0, 0.1) is 13.8 Å². The number of hydrogen-bond donors (Lipinski definition) is 2. The van der Waals surface area contributed by atoms with Crippen molar-refractivity contribution < 1.29 is 9.53 Å². The first-order valence-corrected chi connectivity index (χ1v) is 8.19. The molecule has 1 aromatic heterocycles. The van der Waals surface area contributed by atoms with E-state index < -0.39 is 0 Å². The summed E-state index contributed by atoms with van der Waals surface area (Å²) in [7, 11) is 0. The molecule has 0 atom stereocenters. The molecule has 0 aliphatic rings. The molecule has 25 heavy (non-hydrogen) atoms. The van der Waals surface area contributed by atoms with Crippen molar-refractivity contribution in [2.75, 3.05) is 5.32 Å². The molecule has 3 rings (SSSR count). The number of aromatic nitrogens is 2. The van der Waals surface area contributed by atoms with Gasteiger partial charge in [0.1, 0.15) is 12.4 Å². The fraction of sp³-hybridized carbons (Fsp3) is 0.200. The lowest BCUT2D eigenvalue weighted by Crippen LogP contribution is -2.15. The van der Waals surface area contributed by atoms with Crippen LogP contribution in [0.25, 0.3) is 0 Å². The van der Waals surface area contributed by atoms with E-state index in [0.717, 1.165) is 34.0 Å². The number of nitrogens with zero attached hydrogens (tertiary/aromatic N) is 1. The lowest BCUT2D eigenvalue weighted by Gasteiger charge is -2.09. The first kappa shape index (κ1) is 16.8. The monoisotopic (exact) mass is 335 g/mol. The van der Waals surface area contributed by atoms with Crippen LogP contribution < -0.4 is 10.1 Å². The summed E-state index contributed by atoms with van der Waals surface area (Å²) in [5.74, 6) is 0.703. The predicted octanol–water partition coefficient (Wildman–Crippen LogP) is 3.79. The summed E-state index contributed by atoms with van der Waals surface area (Å²) in [5.41, 5.74) is 4.59. The van der Waals surface area contributed by atoms with Gasteiger partial charge in [0.2, 0.25) is 5.91 Å². The average Bonchev–Trinajstić information content (AvgIpc) is 2.94. The lowest BCUT2D eigenvalue weighted by atomic mass is 10.1. The van der Waals surface area contributed by atoms with Crippen molar-refractivity contribution in [1.82, 2.24) is 10.2 Å². The highest BCUT2D eigenvalue weighted by Crippen LogP contribution is 2.18. The Morgan fingerprint density at radius 3 is 2.44 bits per heavy atom. The number of nitrogens with one attached hydrogen (secondary N) is 2. The first-order chi connectivity index (χ1) is 12.1. The molecule has 0 saturated heterocycles. The van der Waals surface area contributed by atoms with Gasteiger partial charge >= 0.3 is 0 Å². The number of hydrogen-bond acceptors (Lipinski definition) is 3. The quantitative estimate of drug-likeness (QED) is 0.720. The Balaban J connectivity index is 1.54. The molecular weight excluding hydrogens is 314 g/mol.